The van der Waals surface area contributed by atoms with Gasteiger partial charge in [0.1, 0.15) is 12.1 Å². The highest BCUT2D eigenvalue weighted by atomic mass is 19.4. The molecule has 2 aromatic heterocycles. The summed E-state index contributed by atoms with van der Waals surface area (Å²) >= 11 is 0. The SMILES string of the molecule is COC(=O)c1c(C)nn(CC(F)(F)F)c1Cc1ccc(-c2ccccc2-c2nnn(C(c3ccccc3)(c3ccccc3)c3ccccc3)n2)cc1. The molecule has 0 saturated carbocycles. The summed E-state index contributed by atoms with van der Waals surface area (Å²) in [7, 11) is 1.19. The van der Waals surface area contributed by atoms with E-state index in [0.717, 1.165) is 38.1 Å². The van der Waals surface area contributed by atoms with Crippen LogP contribution in [0.2, 0.25) is 0 Å². The van der Waals surface area contributed by atoms with Gasteiger partial charge in [-0.3, -0.25) is 4.68 Å². The molecule has 0 fully saturated rings. The van der Waals surface area contributed by atoms with Gasteiger partial charge in [-0.2, -0.15) is 18.3 Å². The quantitative estimate of drug-likeness (QED) is 0.106. The van der Waals surface area contributed by atoms with E-state index >= 15 is 0 Å². The summed E-state index contributed by atoms with van der Waals surface area (Å²) in [6.07, 6.45) is -4.48. The predicted molar refractivity (Wildman–Crippen MR) is 190 cm³/mol. The van der Waals surface area contributed by atoms with Gasteiger partial charge in [0.25, 0.3) is 0 Å². The maximum Gasteiger partial charge on any atom is 0.408 e. The largest absolute Gasteiger partial charge is 0.465 e. The van der Waals surface area contributed by atoms with Gasteiger partial charge < -0.3 is 4.74 Å². The van der Waals surface area contributed by atoms with Crippen molar-refractivity contribution in [3.05, 3.63) is 179 Å². The van der Waals surface area contributed by atoms with E-state index in [9.17, 15) is 18.0 Å². The first-order chi connectivity index (χ1) is 25.2. The summed E-state index contributed by atoms with van der Waals surface area (Å²) in [5.41, 5.74) is 5.40. The fourth-order valence-corrected chi connectivity index (χ4v) is 6.75. The molecule has 0 saturated heterocycles. The van der Waals surface area contributed by atoms with Gasteiger partial charge >= 0.3 is 12.1 Å². The number of ether oxygens (including phenoxy) is 1. The Morgan fingerprint density at radius 3 is 1.73 bits per heavy atom. The minimum atomic E-state index is -4.52. The third-order valence-corrected chi connectivity index (χ3v) is 9.04. The molecule has 5 aromatic carbocycles. The lowest BCUT2D eigenvalue weighted by Crippen LogP contribution is -2.39. The highest BCUT2D eigenvalue weighted by Crippen LogP contribution is 2.40. The highest BCUT2D eigenvalue weighted by molar-refractivity contribution is 5.92. The van der Waals surface area contributed by atoms with Crippen molar-refractivity contribution in [2.24, 2.45) is 0 Å². The predicted octanol–water partition coefficient (Wildman–Crippen LogP) is 8.29. The van der Waals surface area contributed by atoms with Crippen molar-refractivity contribution in [2.75, 3.05) is 7.11 Å². The first kappa shape index (κ1) is 34.1. The second-order valence-electron chi connectivity index (χ2n) is 12.3. The molecule has 260 valence electrons. The molecule has 7 aromatic rings. The zero-order valence-electron chi connectivity index (χ0n) is 28.3. The number of aromatic nitrogens is 6. The molecule has 8 nitrogen and oxygen atoms in total. The summed E-state index contributed by atoms with van der Waals surface area (Å²) in [6, 6.07) is 45.4. The van der Waals surface area contributed by atoms with Crippen molar-refractivity contribution in [1.29, 1.82) is 0 Å². The van der Waals surface area contributed by atoms with Crippen molar-refractivity contribution in [1.82, 2.24) is 30.0 Å². The molecule has 0 aliphatic rings. The highest BCUT2D eigenvalue weighted by Gasteiger charge is 2.41. The van der Waals surface area contributed by atoms with Crippen molar-refractivity contribution in [2.45, 2.75) is 31.6 Å². The zero-order chi connectivity index (χ0) is 36.3. The topological polar surface area (TPSA) is 87.7 Å². The van der Waals surface area contributed by atoms with Crippen molar-refractivity contribution >= 4 is 5.97 Å². The van der Waals surface area contributed by atoms with E-state index in [4.69, 9.17) is 9.84 Å². The lowest BCUT2D eigenvalue weighted by Gasteiger charge is -2.34. The minimum Gasteiger partial charge on any atom is -0.465 e. The number of esters is 1. The number of halogens is 3. The Morgan fingerprint density at radius 2 is 1.21 bits per heavy atom. The molecule has 0 amide bonds. The number of tetrazole rings is 1. The Bertz CT molecular complexity index is 2210. The van der Waals surface area contributed by atoms with E-state index in [-0.39, 0.29) is 23.4 Å². The zero-order valence-corrected chi connectivity index (χ0v) is 28.3. The Labute approximate surface area is 298 Å². The van der Waals surface area contributed by atoms with Crippen LogP contribution in [0, 0.1) is 6.92 Å². The first-order valence-electron chi connectivity index (χ1n) is 16.6. The molecule has 52 heavy (non-hydrogen) atoms. The van der Waals surface area contributed by atoms with Crippen LogP contribution >= 0.6 is 0 Å². The van der Waals surface area contributed by atoms with Crippen LogP contribution in [0.3, 0.4) is 0 Å². The van der Waals surface area contributed by atoms with Gasteiger partial charge in [0.05, 0.1) is 18.5 Å². The second-order valence-corrected chi connectivity index (χ2v) is 12.3. The van der Waals surface area contributed by atoms with Crippen LogP contribution < -0.4 is 0 Å². The van der Waals surface area contributed by atoms with Gasteiger partial charge in [-0.1, -0.05) is 140 Å². The number of methoxy groups -OCH3 is 1. The summed E-state index contributed by atoms with van der Waals surface area (Å²) in [6.45, 7) is 0.176. The van der Waals surface area contributed by atoms with Gasteiger partial charge in [-0.15, -0.1) is 15.0 Å². The molecule has 0 atom stereocenters. The fourth-order valence-electron chi connectivity index (χ4n) is 6.75. The third kappa shape index (κ3) is 6.48. The molecular formula is C41H33F3N6O2. The summed E-state index contributed by atoms with van der Waals surface area (Å²) in [5.74, 6) is -0.316. The third-order valence-electron chi connectivity index (χ3n) is 9.04. The van der Waals surface area contributed by atoms with Crippen LogP contribution in [0.1, 0.15) is 44.0 Å². The number of aryl methyl sites for hydroxylation is 1. The molecule has 0 spiro atoms. The molecule has 2 heterocycles. The molecule has 0 aliphatic carbocycles. The lowest BCUT2D eigenvalue weighted by molar-refractivity contribution is -0.143. The maximum atomic E-state index is 13.4. The van der Waals surface area contributed by atoms with E-state index < -0.39 is 24.2 Å². The van der Waals surface area contributed by atoms with E-state index in [0.29, 0.717) is 11.4 Å². The number of nitrogens with zero attached hydrogens (tertiary/aromatic N) is 6. The van der Waals surface area contributed by atoms with Crippen LogP contribution in [0.25, 0.3) is 22.5 Å². The fraction of sp³-hybridized carbons (Fsp3) is 0.146. The molecule has 0 unspecified atom stereocenters. The van der Waals surface area contributed by atoms with Crippen molar-refractivity contribution < 1.29 is 22.7 Å². The molecule has 11 heteroatoms. The van der Waals surface area contributed by atoms with E-state index in [1.165, 1.54) is 14.0 Å². The molecule has 0 aliphatic heterocycles. The Balaban J connectivity index is 1.28. The smallest absolute Gasteiger partial charge is 0.408 e. The molecule has 0 bridgehead atoms. The molecule has 7 rings (SSSR count). The normalized spacial score (nSPS) is 11.8. The summed E-state index contributed by atoms with van der Waals surface area (Å²) in [4.78, 5) is 14.2. The number of hydrogen-bond donors (Lipinski definition) is 0. The van der Waals surface area contributed by atoms with Crippen LogP contribution in [0.15, 0.2) is 140 Å². The average molecular weight is 699 g/mol. The lowest BCUT2D eigenvalue weighted by atomic mass is 9.77. The van der Waals surface area contributed by atoms with Gasteiger partial charge in [-0.05, 0) is 45.5 Å². The monoisotopic (exact) mass is 698 g/mol. The number of rotatable bonds is 10. The maximum absolute atomic E-state index is 13.4. The van der Waals surface area contributed by atoms with Gasteiger partial charge in [0, 0.05) is 12.0 Å². The number of carbonyl (C=O) groups is 1. The summed E-state index contributed by atoms with van der Waals surface area (Å²) < 4.78 is 46.0. The van der Waals surface area contributed by atoms with Gasteiger partial charge in [0.2, 0.25) is 5.82 Å². The van der Waals surface area contributed by atoms with Crippen molar-refractivity contribution in [3.63, 3.8) is 0 Å². The number of hydrogen-bond acceptors (Lipinski definition) is 6. The standard InChI is InChI=1S/C41H33F3N6O2/c1-28-37(39(51)52-2)36(49(46-28)27-40(42,43)44)26-29-22-24-30(25-23-29)34-20-12-13-21-35(34)38-45-48-50(47-38)41(31-14-6-3-7-15-31,32-16-8-4-9-17-32)33-18-10-5-11-19-33/h3-25H,26-27H2,1-2H3. The Morgan fingerprint density at radius 1 is 0.692 bits per heavy atom. The van der Waals surface area contributed by atoms with Gasteiger partial charge in [-0.25, -0.2) is 4.79 Å². The number of carbonyl (C=O) groups excluding carboxylic acids is 1. The van der Waals surface area contributed by atoms with E-state index in [1.807, 2.05) is 103 Å². The molecule has 0 N–H and O–H groups in total. The van der Waals surface area contributed by atoms with Crippen LogP contribution in [0.4, 0.5) is 13.2 Å². The van der Waals surface area contributed by atoms with Crippen LogP contribution in [0.5, 0.6) is 0 Å². The number of benzene rings is 5. The Kier molecular flexibility index (Phi) is 9.25. The van der Waals surface area contributed by atoms with E-state index in [1.54, 1.807) is 4.80 Å². The number of alkyl halides is 3. The average Bonchev–Trinajstić information content (AvgIpc) is 3.77. The van der Waals surface area contributed by atoms with Gasteiger partial charge in [0.15, 0.2) is 5.54 Å². The summed E-state index contributed by atoms with van der Waals surface area (Å²) in [5, 5.41) is 18.4. The molecule has 0 radical (unpaired) electrons. The first-order valence-corrected chi connectivity index (χ1v) is 16.6. The van der Waals surface area contributed by atoms with Crippen LogP contribution in [-0.2, 0) is 23.2 Å². The van der Waals surface area contributed by atoms with Crippen LogP contribution in [-0.4, -0.2) is 49.2 Å². The van der Waals surface area contributed by atoms with E-state index in [2.05, 4.69) is 51.8 Å². The molecular weight excluding hydrogens is 665 g/mol. The minimum absolute atomic E-state index is 0.0351. The second kappa shape index (κ2) is 14.1. The van der Waals surface area contributed by atoms with Crippen molar-refractivity contribution in [3.8, 4) is 22.5 Å². The Hall–Kier alpha value is -6.36.